The van der Waals surface area contributed by atoms with Gasteiger partial charge in [-0.15, -0.1) is 0 Å². The van der Waals surface area contributed by atoms with E-state index in [1.807, 2.05) is 54.6 Å². The number of rotatable bonds is 5. The van der Waals surface area contributed by atoms with E-state index in [4.69, 9.17) is 9.47 Å². The van der Waals surface area contributed by atoms with E-state index in [-0.39, 0.29) is 17.7 Å². The molecule has 3 aliphatic rings. The van der Waals surface area contributed by atoms with Gasteiger partial charge in [0.2, 0.25) is 0 Å². The number of hydrogen-bond acceptors (Lipinski definition) is 4. The summed E-state index contributed by atoms with van der Waals surface area (Å²) in [6.07, 6.45) is 8.66. The van der Waals surface area contributed by atoms with Crippen LogP contribution in [-0.2, 0) is 11.3 Å². The Hall–Kier alpha value is -3.41. The van der Waals surface area contributed by atoms with E-state index in [0.29, 0.717) is 24.0 Å². The lowest BCUT2D eigenvalue weighted by molar-refractivity contribution is 0.0757. The molecular weight excluding hydrogens is 453 g/mol. The third-order valence-electron chi connectivity index (χ3n) is 7.37. The lowest BCUT2D eigenvalue weighted by Gasteiger charge is -2.26. The van der Waals surface area contributed by atoms with Crippen molar-refractivity contribution in [3.05, 3.63) is 98.0 Å². The fourth-order valence-corrected chi connectivity index (χ4v) is 5.49. The molecule has 1 aliphatic carbocycles. The molecule has 184 valence electrons. The van der Waals surface area contributed by atoms with Gasteiger partial charge in [0, 0.05) is 11.8 Å². The molecule has 36 heavy (non-hydrogen) atoms. The van der Waals surface area contributed by atoms with Crippen LogP contribution in [0.2, 0.25) is 0 Å². The monoisotopic (exact) mass is 483 g/mol. The molecule has 2 heterocycles. The Morgan fingerprint density at radius 2 is 1.78 bits per heavy atom. The molecule has 1 fully saturated rings. The first-order chi connectivity index (χ1) is 17.7. The number of hydrogen-bond donors (Lipinski definition) is 1. The van der Waals surface area contributed by atoms with E-state index in [2.05, 4.69) is 4.90 Å². The van der Waals surface area contributed by atoms with Gasteiger partial charge in [-0.3, -0.25) is 4.90 Å². The third kappa shape index (κ3) is 4.57. The Labute approximate surface area is 209 Å². The highest BCUT2D eigenvalue weighted by atomic mass is 19.1. The van der Waals surface area contributed by atoms with Crippen LogP contribution in [0.15, 0.2) is 60.4 Å². The summed E-state index contributed by atoms with van der Waals surface area (Å²) in [5.41, 5.74) is 2.58. The van der Waals surface area contributed by atoms with E-state index < -0.39 is 0 Å². The lowest BCUT2D eigenvalue weighted by Crippen LogP contribution is -2.33. The molecule has 1 saturated heterocycles. The molecule has 1 N–H and O–H groups in total. The molecule has 3 aromatic carbocycles. The van der Waals surface area contributed by atoms with Crippen molar-refractivity contribution in [2.45, 2.75) is 32.0 Å². The second-order valence-electron chi connectivity index (χ2n) is 9.73. The number of benzene rings is 3. The van der Waals surface area contributed by atoms with Crippen LogP contribution in [0.3, 0.4) is 0 Å². The maximum absolute atomic E-state index is 14.7. The van der Waals surface area contributed by atoms with E-state index in [1.54, 1.807) is 6.07 Å². The normalized spacial score (nSPS) is 19.0. The maximum Gasteiger partial charge on any atom is 0.124 e. The van der Waals surface area contributed by atoms with Crippen molar-refractivity contribution >= 4 is 18.2 Å². The van der Waals surface area contributed by atoms with Gasteiger partial charge < -0.3 is 14.6 Å². The van der Waals surface area contributed by atoms with E-state index >= 15 is 0 Å². The van der Waals surface area contributed by atoms with Gasteiger partial charge in [0.15, 0.2) is 0 Å². The van der Waals surface area contributed by atoms with Gasteiger partial charge in [-0.25, -0.2) is 4.39 Å². The van der Waals surface area contributed by atoms with Crippen molar-refractivity contribution < 1.29 is 19.0 Å². The summed E-state index contributed by atoms with van der Waals surface area (Å²) in [7, 11) is 0. The number of piperidine rings is 1. The Bertz CT molecular complexity index is 1520. The predicted molar refractivity (Wildman–Crippen MR) is 139 cm³/mol. The van der Waals surface area contributed by atoms with Crippen LogP contribution in [0.25, 0.3) is 18.2 Å². The highest BCUT2D eigenvalue weighted by Gasteiger charge is 2.20. The fourth-order valence-electron chi connectivity index (χ4n) is 5.49. The van der Waals surface area contributed by atoms with Gasteiger partial charge in [-0.1, -0.05) is 42.8 Å². The lowest BCUT2D eigenvalue weighted by atomic mass is 9.96. The topological polar surface area (TPSA) is 41.9 Å². The van der Waals surface area contributed by atoms with Crippen LogP contribution >= 0.6 is 0 Å². The van der Waals surface area contributed by atoms with Crippen molar-refractivity contribution in [2.24, 2.45) is 0 Å². The molecule has 6 rings (SSSR count). The summed E-state index contributed by atoms with van der Waals surface area (Å²) in [5.74, 6) is 0.655. The van der Waals surface area contributed by atoms with Crippen molar-refractivity contribution in [3.8, 4) is 11.5 Å². The fraction of sp³-hybridized carbons (Fsp3) is 0.290. The van der Waals surface area contributed by atoms with Crippen LogP contribution in [0, 0.1) is 10.4 Å². The van der Waals surface area contributed by atoms with E-state index in [1.165, 1.54) is 44.5 Å². The standard InChI is InChI=1S/C31H30FNO3/c32-24-16-22-6-2-3-7-26(22)31-27(19-24)28-20-36-30(18-23(28)17-29(31)34)21-8-10-25(11-9-21)35-15-14-33-12-4-1-5-13-33/h2-3,6-11,16-19,30,34H,1,4-5,12-15,20H2. The van der Waals surface area contributed by atoms with Crippen LogP contribution in [0.1, 0.15) is 42.1 Å². The third-order valence-corrected chi connectivity index (χ3v) is 7.37. The number of likely N-dealkylation sites (tertiary alicyclic amines) is 1. The summed E-state index contributed by atoms with van der Waals surface area (Å²) < 4.78 is 26.9. The van der Waals surface area contributed by atoms with Crippen LogP contribution in [-0.4, -0.2) is 36.2 Å². The molecule has 5 heteroatoms. The highest BCUT2D eigenvalue weighted by molar-refractivity contribution is 5.69. The SMILES string of the molecule is Oc1cc2c(c3c1=c1ccccc1=CC(F)=C3)COC(c1ccc(OCCN3CCCCC3)cc1)C=2. The Morgan fingerprint density at radius 1 is 0.972 bits per heavy atom. The molecule has 0 amide bonds. The minimum atomic E-state index is -0.341. The minimum Gasteiger partial charge on any atom is -0.507 e. The molecule has 1 unspecified atom stereocenters. The molecule has 0 bridgehead atoms. The number of aromatic hydroxyl groups is 1. The molecule has 0 aromatic heterocycles. The smallest absolute Gasteiger partial charge is 0.124 e. The Balaban J connectivity index is 1.27. The first kappa shape index (κ1) is 23.0. The van der Waals surface area contributed by atoms with Crippen LogP contribution in [0.5, 0.6) is 11.5 Å². The first-order valence-electron chi connectivity index (χ1n) is 12.8. The van der Waals surface area contributed by atoms with E-state index in [0.717, 1.165) is 39.1 Å². The molecule has 0 spiro atoms. The quantitative estimate of drug-likeness (QED) is 0.571. The van der Waals surface area contributed by atoms with Gasteiger partial charge in [0.25, 0.3) is 0 Å². The van der Waals surface area contributed by atoms with E-state index in [9.17, 15) is 9.50 Å². The molecule has 0 saturated carbocycles. The molecule has 1 atom stereocenters. The number of ether oxygens (including phenoxy) is 2. The number of phenols is 1. The maximum atomic E-state index is 14.7. The zero-order chi connectivity index (χ0) is 24.5. The second kappa shape index (κ2) is 9.92. The number of phenolic OH excluding ortho intramolecular Hbond substituents is 1. The van der Waals surface area contributed by atoms with Crippen molar-refractivity contribution in [3.63, 3.8) is 0 Å². The van der Waals surface area contributed by atoms with Gasteiger partial charge in [-0.2, -0.15) is 0 Å². The summed E-state index contributed by atoms with van der Waals surface area (Å²) in [4.78, 5) is 2.47. The zero-order valence-electron chi connectivity index (χ0n) is 20.3. The molecule has 2 aliphatic heterocycles. The molecule has 4 nitrogen and oxygen atoms in total. The van der Waals surface area contributed by atoms with Gasteiger partial charge in [0.1, 0.15) is 30.0 Å². The van der Waals surface area contributed by atoms with Gasteiger partial charge in [0.05, 0.1) is 6.61 Å². The number of nitrogens with zero attached hydrogens (tertiary/aromatic N) is 1. The molecular formula is C31H30FNO3. The number of fused-ring (bicyclic) bond motifs is 4. The number of allylic oxidation sites excluding steroid dienone is 1. The number of halogens is 1. The predicted octanol–water partition coefficient (Wildman–Crippen LogP) is 4.70. The summed E-state index contributed by atoms with van der Waals surface area (Å²) >= 11 is 0. The summed E-state index contributed by atoms with van der Waals surface area (Å²) in [6.45, 7) is 4.32. The van der Waals surface area contributed by atoms with Gasteiger partial charge >= 0.3 is 0 Å². The first-order valence-corrected chi connectivity index (χ1v) is 12.8. The largest absolute Gasteiger partial charge is 0.507 e. The van der Waals surface area contributed by atoms with Crippen molar-refractivity contribution in [1.29, 1.82) is 0 Å². The van der Waals surface area contributed by atoms with Crippen molar-refractivity contribution in [1.82, 2.24) is 4.90 Å². The summed E-state index contributed by atoms with van der Waals surface area (Å²) in [6, 6.07) is 17.3. The Morgan fingerprint density at radius 3 is 2.61 bits per heavy atom. The summed E-state index contributed by atoms with van der Waals surface area (Å²) in [5, 5.41) is 14.1. The highest BCUT2D eigenvalue weighted by Crippen LogP contribution is 2.30. The Kier molecular flexibility index (Phi) is 6.34. The molecule has 0 radical (unpaired) electrons. The zero-order valence-corrected chi connectivity index (χ0v) is 20.3. The van der Waals surface area contributed by atoms with Crippen molar-refractivity contribution in [2.75, 3.05) is 26.2 Å². The second-order valence-corrected chi connectivity index (χ2v) is 9.73. The van der Waals surface area contributed by atoms with Crippen LogP contribution in [0.4, 0.5) is 4.39 Å². The van der Waals surface area contributed by atoms with Crippen LogP contribution < -0.4 is 15.2 Å². The average Bonchev–Trinajstić information content (AvgIpc) is 3.05. The molecule has 3 aromatic rings. The van der Waals surface area contributed by atoms with Gasteiger partial charge in [-0.05, 0) is 94.7 Å². The minimum absolute atomic E-state index is 0.143. The average molecular weight is 484 g/mol.